The number of aryl methyl sites for hydroxylation is 1. The standard InChI is InChI=1S/C13H21NO2/c1-9-7-8-16-11(9)12(15)14(6)10(2)13(3,4)5/h7-8,10H,1-6H3/t10-/m1/s1. The van der Waals surface area contributed by atoms with Crippen molar-refractivity contribution in [1.29, 1.82) is 0 Å². The number of furan rings is 1. The lowest BCUT2D eigenvalue weighted by molar-refractivity contribution is 0.0596. The fourth-order valence-electron chi connectivity index (χ4n) is 1.51. The first kappa shape index (κ1) is 12.8. The Kier molecular flexibility index (Phi) is 3.46. The molecule has 0 saturated carbocycles. The Morgan fingerprint density at radius 3 is 2.38 bits per heavy atom. The number of amides is 1. The summed E-state index contributed by atoms with van der Waals surface area (Å²) in [4.78, 5) is 13.9. The highest BCUT2D eigenvalue weighted by Gasteiger charge is 2.29. The quantitative estimate of drug-likeness (QED) is 0.772. The Labute approximate surface area is 97.4 Å². The van der Waals surface area contributed by atoms with E-state index < -0.39 is 0 Å². The summed E-state index contributed by atoms with van der Waals surface area (Å²) in [5.41, 5.74) is 0.947. The Bertz CT molecular complexity index is 374. The van der Waals surface area contributed by atoms with Gasteiger partial charge >= 0.3 is 0 Å². The van der Waals surface area contributed by atoms with Gasteiger partial charge in [-0.15, -0.1) is 0 Å². The summed E-state index contributed by atoms with van der Waals surface area (Å²) < 4.78 is 5.22. The highest BCUT2D eigenvalue weighted by Crippen LogP contribution is 2.24. The molecule has 0 unspecified atom stereocenters. The van der Waals surface area contributed by atoms with Crippen molar-refractivity contribution >= 4 is 5.91 Å². The molecular formula is C13H21NO2. The highest BCUT2D eigenvalue weighted by atomic mass is 16.3. The summed E-state index contributed by atoms with van der Waals surface area (Å²) in [6.45, 7) is 10.3. The molecule has 0 bridgehead atoms. The minimum atomic E-state index is -0.0510. The van der Waals surface area contributed by atoms with E-state index in [1.165, 1.54) is 0 Å². The van der Waals surface area contributed by atoms with Crippen LogP contribution in [0.3, 0.4) is 0 Å². The predicted molar refractivity (Wildman–Crippen MR) is 64.5 cm³/mol. The van der Waals surface area contributed by atoms with Gasteiger partial charge < -0.3 is 9.32 Å². The highest BCUT2D eigenvalue weighted by molar-refractivity contribution is 5.92. The topological polar surface area (TPSA) is 33.5 Å². The summed E-state index contributed by atoms with van der Waals surface area (Å²) >= 11 is 0. The molecular weight excluding hydrogens is 202 g/mol. The van der Waals surface area contributed by atoms with Crippen LogP contribution in [-0.2, 0) is 0 Å². The summed E-state index contributed by atoms with van der Waals surface area (Å²) in [6.07, 6.45) is 1.55. The van der Waals surface area contributed by atoms with Gasteiger partial charge in [-0.3, -0.25) is 4.79 Å². The van der Waals surface area contributed by atoms with Crippen molar-refractivity contribution in [1.82, 2.24) is 4.90 Å². The lowest BCUT2D eigenvalue weighted by Crippen LogP contribution is -2.43. The second-order valence-corrected chi connectivity index (χ2v) is 5.39. The molecule has 0 aromatic carbocycles. The van der Waals surface area contributed by atoms with Crippen LogP contribution in [0, 0.1) is 12.3 Å². The minimum Gasteiger partial charge on any atom is -0.459 e. The van der Waals surface area contributed by atoms with Crippen LogP contribution in [0.1, 0.15) is 43.8 Å². The maximum Gasteiger partial charge on any atom is 0.289 e. The molecule has 0 aliphatic heterocycles. The molecule has 90 valence electrons. The first-order valence-electron chi connectivity index (χ1n) is 5.56. The monoisotopic (exact) mass is 223 g/mol. The van der Waals surface area contributed by atoms with Crippen molar-refractivity contribution in [2.45, 2.75) is 40.7 Å². The Morgan fingerprint density at radius 2 is 2.00 bits per heavy atom. The summed E-state index contributed by atoms with van der Waals surface area (Å²) in [5, 5.41) is 0. The Balaban J connectivity index is 2.88. The van der Waals surface area contributed by atoms with E-state index in [0.717, 1.165) is 5.56 Å². The SMILES string of the molecule is Cc1ccoc1C(=O)N(C)[C@H](C)C(C)(C)C. The van der Waals surface area contributed by atoms with E-state index in [1.807, 2.05) is 20.0 Å². The maximum atomic E-state index is 12.1. The van der Waals surface area contributed by atoms with Crippen molar-refractivity contribution in [3.63, 3.8) is 0 Å². The molecule has 1 rings (SSSR count). The van der Waals surface area contributed by atoms with Crippen LogP contribution in [0.4, 0.5) is 0 Å². The van der Waals surface area contributed by atoms with Gasteiger partial charge in [-0.25, -0.2) is 0 Å². The molecule has 0 spiro atoms. The maximum absolute atomic E-state index is 12.1. The van der Waals surface area contributed by atoms with Gasteiger partial charge in [0.05, 0.1) is 6.26 Å². The number of nitrogens with zero attached hydrogens (tertiary/aromatic N) is 1. The molecule has 3 nitrogen and oxygen atoms in total. The third-order valence-electron chi connectivity index (χ3n) is 3.21. The van der Waals surface area contributed by atoms with Crippen molar-refractivity contribution in [3.05, 3.63) is 23.7 Å². The zero-order valence-electron chi connectivity index (χ0n) is 11.0. The number of rotatable bonds is 2. The van der Waals surface area contributed by atoms with Crippen molar-refractivity contribution in [3.8, 4) is 0 Å². The summed E-state index contributed by atoms with van der Waals surface area (Å²) in [7, 11) is 1.82. The molecule has 0 N–H and O–H groups in total. The molecule has 3 heteroatoms. The zero-order chi connectivity index (χ0) is 12.5. The number of hydrogen-bond acceptors (Lipinski definition) is 2. The molecule has 1 amide bonds. The van der Waals surface area contributed by atoms with Crippen LogP contribution in [-0.4, -0.2) is 23.9 Å². The molecule has 0 aliphatic carbocycles. The van der Waals surface area contributed by atoms with Gasteiger partial charge in [0.25, 0.3) is 5.91 Å². The fourth-order valence-corrected chi connectivity index (χ4v) is 1.51. The van der Waals surface area contributed by atoms with Crippen LogP contribution in [0.5, 0.6) is 0 Å². The normalized spacial score (nSPS) is 13.6. The van der Waals surface area contributed by atoms with Crippen molar-refractivity contribution < 1.29 is 9.21 Å². The predicted octanol–water partition coefficient (Wildman–Crippen LogP) is 3.09. The molecule has 0 fully saturated rings. The van der Waals surface area contributed by atoms with Gasteiger partial charge in [0, 0.05) is 18.7 Å². The first-order chi connectivity index (χ1) is 7.25. The largest absolute Gasteiger partial charge is 0.459 e. The molecule has 1 atom stereocenters. The van der Waals surface area contributed by atoms with E-state index in [4.69, 9.17) is 4.42 Å². The molecule has 0 radical (unpaired) electrons. The smallest absolute Gasteiger partial charge is 0.289 e. The first-order valence-corrected chi connectivity index (χ1v) is 5.56. The second kappa shape index (κ2) is 4.32. The van der Waals surface area contributed by atoms with E-state index >= 15 is 0 Å². The van der Waals surface area contributed by atoms with Crippen molar-refractivity contribution in [2.24, 2.45) is 5.41 Å². The average molecular weight is 223 g/mol. The molecule has 0 saturated heterocycles. The van der Waals surface area contributed by atoms with Crippen molar-refractivity contribution in [2.75, 3.05) is 7.05 Å². The average Bonchev–Trinajstić information content (AvgIpc) is 2.59. The van der Waals surface area contributed by atoms with Gasteiger partial charge in [0.1, 0.15) is 0 Å². The third kappa shape index (κ3) is 2.46. The molecule has 1 aromatic heterocycles. The van der Waals surface area contributed by atoms with Crippen LogP contribution >= 0.6 is 0 Å². The summed E-state index contributed by atoms with van der Waals surface area (Å²) in [5.74, 6) is 0.392. The second-order valence-electron chi connectivity index (χ2n) is 5.39. The Morgan fingerprint density at radius 1 is 1.44 bits per heavy atom. The van der Waals surface area contributed by atoms with E-state index in [-0.39, 0.29) is 17.4 Å². The van der Waals surface area contributed by atoms with Gasteiger partial charge in [-0.1, -0.05) is 20.8 Å². The van der Waals surface area contributed by atoms with Crippen LogP contribution in [0.25, 0.3) is 0 Å². The van der Waals surface area contributed by atoms with E-state index in [1.54, 1.807) is 11.2 Å². The van der Waals surface area contributed by atoms with E-state index in [9.17, 15) is 4.79 Å². The number of carbonyl (C=O) groups is 1. The van der Waals surface area contributed by atoms with E-state index in [2.05, 4.69) is 27.7 Å². The lowest BCUT2D eigenvalue weighted by Gasteiger charge is -2.35. The van der Waals surface area contributed by atoms with Gasteiger partial charge in [-0.05, 0) is 25.3 Å². The Hall–Kier alpha value is -1.25. The van der Waals surface area contributed by atoms with Crippen LogP contribution < -0.4 is 0 Å². The third-order valence-corrected chi connectivity index (χ3v) is 3.21. The summed E-state index contributed by atoms with van der Waals surface area (Å²) in [6, 6.07) is 1.97. The minimum absolute atomic E-state index is 0.0510. The molecule has 16 heavy (non-hydrogen) atoms. The van der Waals surface area contributed by atoms with Gasteiger partial charge in [-0.2, -0.15) is 0 Å². The zero-order valence-corrected chi connectivity index (χ0v) is 11.0. The fraction of sp³-hybridized carbons (Fsp3) is 0.615. The van der Waals surface area contributed by atoms with Gasteiger partial charge in [0.15, 0.2) is 5.76 Å². The molecule has 1 heterocycles. The van der Waals surface area contributed by atoms with Gasteiger partial charge in [0.2, 0.25) is 0 Å². The number of carbonyl (C=O) groups excluding carboxylic acids is 1. The molecule has 1 aromatic rings. The van der Waals surface area contributed by atoms with Crippen LogP contribution in [0.15, 0.2) is 16.7 Å². The molecule has 0 aliphatic rings. The van der Waals surface area contributed by atoms with Crippen LogP contribution in [0.2, 0.25) is 0 Å². The number of hydrogen-bond donors (Lipinski definition) is 0. The van der Waals surface area contributed by atoms with E-state index in [0.29, 0.717) is 5.76 Å². The lowest BCUT2D eigenvalue weighted by atomic mass is 9.87.